The van der Waals surface area contributed by atoms with Crippen LogP contribution >= 0.6 is 0 Å². The topological polar surface area (TPSA) is 44.8 Å². The monoisotopic (exact) mass is 347 g/mol. The Kier molecular flexibility index (Phi) is 4.65. The van der Waals surface area contributed by atoms with Gasteiger partial charge < -0.3 is 19.9 Å². The Balaban J connectivity index is 1.57. The van der Waals surface area contributed by atoms with Gasteiger partial charge in [0.15, 0.2) is 0 Å². The van der Waals surface area contributed by atoms with Gasteiger partial charge >= 0.3 is 6.03 Å². The molecule has 25 heavy (non-hydrogen) atoms. The summed E-state index contributed by atoms with van der Waals surface area (Å²) in [6.07, 6.45) is 0.447. The Morgan fingerprint density at radius 2 is 2.20 bits per heavy atom. The Morgan fingerprint density at radius 1 is 1.32 bits per heavy atom. The molecule has 1 aromatic rings. The van der Waals surface area contributed by atoms with Crippen LogP contribution in [0.4, 0.5) is 9.18 Å². The van der Waals surface area contributed by atoms with Crippen molar-refractivity contribution >= 4 is 6.03 Å². The van der Waals surface area contributed by atoms with E-state index in [9.17, 15) is 9.18 Å². The molecule has 3 aliphatic rings. The number of ether oxygens (including phenoxy) is 1. The van der Waals surface area contributed by atoms with Gasteiger partial charge in [-0.05, 0) is 36.5 Å². The lowest BCUT2D eigenvalue weighted by molar-refractivity contribution is 0.0762. The van der Waals surface area contributed by atoms with E-state index >= 15 is 0 Å². The average Bonchev–Trinajstić information content (AvgIpc) is 3.07. The first kappa shape index (κ1) is 16.8. The lowest BCUT2D eigenvalue weighted by atomic mass is 9.89. The van der Waals surface area contributed by atoms with E-state index in [0.29, 0.717) is 32.7 Å². The predicted molar refractivity (Wildman–Crippen MR) is 93.3 cm³/mol. The molecule has 2 atom stereocenters. The summed E-state index contributed by atoms with van der Waals surface area (Å²) in [5.41, 5.74) is 5.07. The quantitative estimate of drug-likeness (QED) is 0.847. The van der Waals surface area contributed by atoms with Gasteiger partial charge in [-0.3, -0.25) is 0 Å². The summed E-state index contributed by atoms with van der Waals surface area (Å²) in [5.74, 6) is 0. The molecule has 0 aliphatic carbocycles. The molecule has 2 amide bonds. The number of urea groups is 1. The van der Waals surface area contributed by atoms with Crippen molar-refractivity contribution < 1.29 is 13.9 Å². The largest absolute Gasteiger partial charge is 0.378 e. The van der Waals surface area contributed by atoms with E-state index in [2.05, 4.69) is 24.4 Å². The highest BCUT2D eigenvalue weighted by molar-refractivity contribution is 5.75. The van der Waals surface area contributed by atoms with Crippen LogP contribution in [0.3, 0.4) is 0 Å². The molecule has 3 aliphatic heterocycles. The number of amides is 2. The first-order chi connectivity index (χ1) is 12.1. The maximum atomic E-state index is 13.5. The summed E-state index contributed by atoms with van der Waals surface area (Å²) >= 11 is 0. The van der Waals surface area contributed by atoms with Crippen LogP contribution in [-0.2, 0) is 17.7 Å². The zero-order valence-electron chi connectivity index (χ0n) is 14.8. The predicted octanol–water partition coefficient (Wildman–Crippen LogP) is 2.18. The molecular weight excluding hydrogens is 321 g/mol. The smallest absolute Gasteiger partial charge is 0.320 e. The van der Waals surface area contributed by atoms with Gasteiger partial charge in [0.1, 0.15) is 6.17 Å². The summed E-state index contributed by atoms with van der Waals surface area (Å²) < 4.78 is 19.1. The fourth-order valence-corrected chi connectivity index (χ4v) is 4.19. The molecule has 0 radical (unpaired) electrons. The number of carbonyl (C=O) groups is 1. The Labute approximate surface area is 148 Å². The van der Waals surface area contributed by atoms with Crippen molar-refractivity contribution in [2.45, 2.75) is 38.5 Å². The molecule has 3 heterocycles. The summed E-state index contributed by atoms with van der Waals surface area (Å²) in [5, 5.41) is 3.53. The number of carbonyl (C=O) groups excluding carboxylic acids is 1. The second-order valence-corrected chi connectivity index (χ2v) is 7.36. The molecule has 5 nitrogen and oxygen atoms in total. The van der Waals surface area contributed by atoms with E-state index in [0.717, 1.165) is 19.6 Å². The number of fused-ring (bicyclic) bond motifs is 1. The fourth-order valence-electron chi connectivity index (χ4n) is 4.19. The minimum atomic E-state index is -0.872. The van der Waals surface area contributed by atoms with Crippen molar-refractivity contribution in [2.75, 3.05) is 39.4 Å². The number of rotatable bonds is 1. The summed E-state index contributed by atoms with van der Waals surface area (Å²) in [6.45, 7) is 6.46. The standard InChI is InChI=1S/C19H26FN3O2/c1-13-8-14-2-5-23(19(24)22-6-3-15(20)10-22)11-17(14)16(9-13)18-12-25-7-4-21-18/h8-9,15,18,21H,2-7,10-12H2,1H3/t15-,18-/m0/s1. The van der Waals surface area contributed by atoms with Crippen LogP contribution in [0.5, 0.6) is 0 Å². The lowest BCUT2D eigenvalue weighted by Gasteiger charge is -2.35. The molecule has 136 valence electrons. The van der Waals surface area contributed by atoms with Crippen molar-refractivity contribution in [1.82, 2.24) is 15.1 Å². The van der Waals surface area contributed by atoms with Crippen LogP contribution in [0, 0.1) is 6.92 Å². The minimum absolute atomic E-state index is 0.0230. The van der Waals surface area contributed by atoms with E-state index < -0.39 is 6.17 Å². The maximum Gasteiger partial charge on any atom is 0.320 e. The molecule has 1 N–H and O–H groups in total. The molecule has 4 rings (SSSR count). The van der Waals surface area contributed by atoms with Gasteiger partial charge in [0.05, 0.1) is 25.8 Å². The number of nitrogens with zero attached hydrogens (tertiary/aromatic N) is 2. The number of hydrogen-bond donors (Lipinski definition) is 1. The van der Waals surface area contributed by atoms with Crippen LogP contribution in [-0.4, -0.2) is 61.4 Å². The van der Waals surface area contributed by atoms with Crippen molar-refractivity contribution in [1.29, 1.82) is 0 Å². The van der Waals surface area contributed by atoms with Crippen LogP contribution < -0.4 is 5.32 Å². The number of hydrogen-bond acceptors (Lipinski definition) is 3. The van der Waals surface area contributed by atoms with Crippen molar-refractivity contribution in [3.05, 3.63) is 34.4 Å². The number of aryl methyl sites for hydroxylation is 1. The van der Waals surface area contributed by atoms with E-state index in [-0.39, 0.29) is 18.6 Å². The fraction of sp³-hybridized carbons (Fsp3) is 0.632. The second-order valence-electron chi connectivity index (χ2n) is 7.36. The van der Waals surface area contributed by atoms with Gasteiger partial charge in [-0.2, -0.15) is 0 Å². The van der Waals surface area contributed by atoms with E-state index in [1.165, 1.54) is 22.3 Å². The highest BCUT2D eigenvalue weighted by Gasteiger charge is 2.32. The molecule has 6 heteroatoms. The highest BCUT2D eigenvalue weighted by atomic mass is 19.1. The summed E-state index contributed by atoms with van der Waals surface area (Å²) in [4.78, 5) is 16.3. The van der Waals surface area contributed by atoms with Gasteiger partial charge in [0.2, 0.25) is 0 Å². The van der Waals surface area contributed by atoms with Gasteiger partial charge in [-0.25, -0.2) is 9.18 Å². The third-order valence-electron chi connectivity index (χ3n) is 5.49. The third-order valence-corrected chi connectivity index (χ3v) is 5.49. The average molecular weight is 347 g/mol. The zero-order chi connectivity index (χ0) is 17.4. The molecule has 2 saturated heterocycles. The number of likely N-dealkylation sites (tertiary alicyclic amines) is 1. The summed E-state index contributed by atoms with van der Waals surface area (Å²) in [6, 6.07) is 4.61. The van der Waals surface area contributed by atoms with Gasteiger partial charge in [0.25, 0.3) is 0 Å². The molecule has 0 aromatic heterocycles. The van der Waals surface area contributed by atoms with Crippen molar-refractivity contribution in [3.8, 4) is 0 Å². The molecule has 0 spiro atoms. The lowest BCUT2D eigenvalue weighted by Crippen LogP contribution is -2.45. The Bertz CT molecular complexity index is 660. The second kappa shape index (κ2) is 6.92. The zero-order valence-corrected chi connectivity index (χ0v) is 14.8. The molecular formula is C19H26FN3O2. The van der Waals surface area contributed by atoms with Gasteiger partial charge in [-0.1, -0.05) is 17.7 Å². The number of alkyl halides is 1. The van der Waals surface area contributed by atoms with Gasteiger partial charge in [0, 0.05) is 26.2 Å². The third kappa shape index (κ3) is 3.37. The minimum Gasteiger partial charge on any atom is -0.378 e. The van der Waals surface area contributed by atoms with Crippen LogP contribution in [0.2, 0.25) is 0 Å². The maximum absolute atomic E-state index is 13.5. The number of benzene rings is 1. The van der Waals surface area contributed by atoms with Crippen molar-refractivity contribution in [3.63, 3.8) is 0 Å². The van der Waals surface area contributed by atoms with E-state index in [4.69, 9.17) is 4.74 Å². The number of morpholine rings is 1. The number of nitrogens with one attached hydrogen (secondary N) is 1. The van der Waals surface area contributed by atoms with Crippen LogP contribution in [0.25, 0.3) is 0 Å². The molecule has 1 aromatic carbocycles. The molecule has 0 bridgehead atoms. The number of halogens is 1. The highest BCUT2D eigenvalue weighted by Crippen LogP contribution is 2.30. The van der Waals surface area contributed by atoms with Crippen molar-refractivity contribution in [2.24, 2.45) is 0 Å². The normalized spacial score (nSPS) is 26.6. The molecule has 0 unspecified atom stereocenters. The van der Waals surface area contributed by atoms with Gasteiger partial charge in [-0.15, -0.1) is 0 Å². The first-order valence-electron chi connectivity index (χ1n) is 9.23. The molecule has 0 saturated carbocycles. The first-order valence-corrected chi connectivity index (χ1v) is 9.23. The molecule has 2 fully saturated rings. The van der Waals surface area contributed by atoms with E-state index in [1.807, 2.05) is 4.90 Å². The Hall–Kier alpha value is -1.66. The van der Waals surface area contributed by atoms with E-state index in [1.54, 1.807) is 4.90 Å². The van der Waals surface area contributed by atoms with Crippen LogP contribution in [0.15, 0.2) is 12.1 Å². The Morgan fingerprint density at radius 3 is 2.92 bits per heavy atom. The van der Waals surface area contributed by atoms with Crippen LogP contribution in [0.1, 0.15) is 34.7 Å². The SMILES string of the molecule is Cc1cc2c(c([C@@H]3COCCN3)c1)CN(C(=O)N1CC[C@H](F)C1)CC2. The summed E-state index contributed by atoms with van der Waals surface area (Å²) in [7, 11) is 0.